The van der Waals surface area contributed by atoms with Gasteiger partial charge in [0.05, 0.1) is 0 Å². The fourth-order valence-electron chi connectivity index (χ4n) is 2.75. The van der Waals surface area contributed by atoms with Crippen LogP contribution in [0.25, 0.3) is 22.0 Å². The van der Waals surface area contributed by atoms with Crippen LogP contribution in [0.4, 0.5) is 20.3 Å². The van der Waals surface area contributed by atoms with Crippen LogP contribution in [0.2, 0.25) is 0 Å². The zero-order chi connectivity index (χ0) is 18.1. The number of benzene rings is 2. The van der Waals surface area contributed by atoms with E-state index >= 15 is 0 Å². The highest BCUT2D eigenvalue weighted by atomic mass is 19.2. The van der Waals surface area contributed by atoms with Gasteiger partial charge in [-0.15, -0.1) is 0 Å². The molecule has 2 N–H and O–H groups in total. The largest absolute Gasteiger partial charge is 0.361 e. The second-order valence-electron chi connectivity index (χ2n) is 5.76. The van der Waals surface area contributed by atoms with E-state index in [0.29, 0.717) is 22.5 Å². The van der Waals surface area contributed by atoms with Crippen LogP contribution in [0.1, 0.15) is 0 Å². The molecule has 4 aromatic rings. The van der Waals surface area contributed by atoms with Crippen LogP contribution in [-0.2, 0) is 0 Å². The van der Waals surface area contributed by atoms with Crippen LogP contribution in [-0.4, -0.2) is 9.97 Å². The minimum Gasteiger partial charge on any atom is -0.361 e. The molecule has 0 atom stereocenters. The van der Waals surface area contributed by atoms with Gasteiger partial charge in [0.25, 0.3) is 0 Å². The van der Waals surface area contributed by atoms with Crippen molar-refractivity contribution >= 4 is 22.4 Å². The molecule has 2 heterocycles. The molecular weight excluding hydrogens is 336 g/mol. The topological polar surface area (TPSA) is 57.8 Å². The van der Waals surface area contributed by atoms with Crippen LogP contribution >= 0.6 is 0 Å². The number of fused-ring (bicyclic) bond motifs is 1. The molecule has 4 rings (SSSR count). The summed E-state index contributed by atoms with van der Waals surface area (Å²) in [5.74, 6) is -1.27. The van der Waals surface area contributed by atoms with Crippen LogP contribution < -0.4 is 10.7 Å². The van der Waals surface area contributed by atoms with Gasteiger partial charge in [-0.2, -0.15) is 0 Å². The Morgan fingerprint density at radius 3 is 2.69 bits per heavy atom. The maximum atomic E-state index is 13.9. The quantitative estimate of drug-likeness (QED) is 0.568. The first-order valence-corrected chi connectivity index (χ1v) is 7.91. The first-order valence-electron chi connectivity index (χ1n) is 7.91. The summed E-state index contributed by atoms with van der Waals surface area (Å²) in [6.07, 6.45) is 3.07. The molecule has 4 nitrogen and oxygen atoms in total. The Balaban J connectivity index is 1.63. The number of hydrogen-bond acceptors (Lipinski definition) is 3. The number of halogens is 2. The van der Waals surface area contributed by atoms with Crippen LogP contribution in [0, 0.1) is 11.6 Å². The summed E-state index contributed by atoms with van der Waals surface area (Å²) in [5.41, 5.74) is 2.00. The van der Waals surface area contributed by atoms with Crippen molar-refractivity contribution in [3.8, 4) is 11.1 Å². The molecule has 0 saturated heterocycles. The van der Waals surface area contributed by atoms with Gasteiger partial charge in [0.2, 0.25) is 0 Å². The molecule has 0 amide bonds. The van der Waals surface area contributed by atoms with Crippen molar-refractivity contribution in [2.45, 2.75) is 0 Å². The third-order valence-corrected chi connectivity index (χ3v) is 4.06. The lowest BCUT2D eigenvalue weighted by molar-refractivity contribution is 0.511. The fraction of sp³-hybridized carbons (Fsp3) is 0. The van der Waals surface area contributed by atoms with Gasteiger partial charge in [0.1, 0.15) is 5.82 Å². The monoisotopic (exact) mass is 349 g/mol. The molecule has 26 heavy (non-hydrogen) atoms. The summed E-state index contributed by atoms with van der Waals surface area (Å²) in [7, 11) is 0. The van der Waals surface area contributed by atoms with Crippen molar-refractivity contribution in [1.29, 1.82) is 0 Å². The first-order chi connectivity index (χ1) is 12.6. The van der Waals surface area contributed by atoms with Gasteiger partial charge in [-0.25, -0.2) is 13.8 Å². The predicted molar refractivity (Wildman–Crippen MR) is 97.4 cm³/mol. The SMILES string of the molecule is O=c1cc[nH]c2ccc(Nc3ccc(-c4cccc(F)c4F)cn3)cc12. The molecule has 6 heteroatoms. The first kappa shape index (κ1) is 16.0. The Morgan fingerprint density at radius 1 is 1.00 bits per heavy atom. The summed E-state index contributed by atoms with van der Waals surface area (Å²) in [5, 5.41) is 3.66. The minimum absolute atomic E-state index is 0.0766. The second kappa shape index (κ2) is 6.40. The molecule has 0 fully saturated rings. The zero-order valence-electron chi connectivity index (χ0n) is 13.5. The number of rotatable bonds is 3. The van der Waals surface area contributed by atoms with E-state index in [0.717, 1.165) is 11.6 Å². The Morgan fingerprint density at radius 2 is 1.88 bits per heavy atom. The van der Waals surface area contributed by atoms with Crippen molar-refractivity contribution in [3.63, 3.8) is 0 Å². The van der Waals surface area contributed by atoms with Crippen molar-refractivity contribution in [2.24, 2.45) is 0 Å². The number of aromatic nitrogens is 2. The Kier molecular flexibility index (Phi) is 3.93. The Hall–Kier alpha value is -3.54. The van der Waals surface area contributed by atoms with Crippen molar-refractivity contribution in [3.05, 3.63) is 88.8 Å². The lowest BCUT2D eigenvalue weighted by atomic mass is 10.1. The molecular formula is C20H13F2N3O. The lowest BCUT2D eigenvalue weighted by Gasteiger charge is -2.08. The third-order valence-electron chi connectivity index (χ3n) is 4.06. The maximum Gasteiger partial charge on any atom is 0.189 e. The number of pyridine rings is 2. The van der Waals surface area contributed by atoms with Gasteiger partial charge < -0.3 is 10.3 Å². The summed E-state index contributed by atoms with van der Waals surface area (Å²) in [6.45, 7) is 0. The molecule has 2 aromatic carbocycles. The minimum atomic E-state index is -0.899. The van der Waals surface area contributed by atoms with E-state index in [1.165, 1.54) is 24.4 Å². The molecule has 0 spiro atoms. The van der Waals surface area contributed by atoms with Gasteiger partial charge in [-0.1, -0.05) is 12.1 Å². The molecule has 0 bridgehead atoms. The van der Waals surface area contributed by atoms with E-state index in [1.54, 1.807) is 30.5 Å². The van der Waals surface area contributed by atoms with Gasteiger partial charge in [-0.3, -0.25) is 4.79 Å². The Labute approximate surface area is 147 Å². The van der Waals surface area contributed by atoms with E-state index < -0.39 is 11.6 Å². The van der Waals surface area contributed by atoms with Crippen molar-refractivity contribution in [2.75, 3.05) is 5.32 Å². The van der Waals surface area contributed by atoms with E-state index in [1.807, 2.05) is 6.07 Å². The number of nitrogens with zero attached hydrogens (tertiary/aromatic N) is 1. The number of nitrogens with one attached hydrogen (secondary N) is 2. The lowest BCUT2D eigenvalue weighted by Crippen LogP contribution is -2.01. The van der Waals surface area contributed by atoms with E-state index in [2.05, 4.69) is 15.3 Å². The van der Waals surface area contributed by atoms with Crippen LogP contribution in [0.15, 0.2) is 71.8 Å². The normalized spacial score (nSPS) is 10.8. The van der Waals surface area contributed by atoms with Gasteiger partial charge in [0.15, 0.2) is 17.1 Å². The molecule has 128 valence electrons. The summed E-state index contributed by atoms with van der Waals surface area (Å²) >= 11 is 0. The average molecular weight is 349 g/mol. The summed E-state index contributed by atoms with van der Waals surface area (Å²) in [6, 6.07) is 14.2. The smallest absolute Gasteiger partial charge is 0.189 e. The maximum absolute atomic E-state index is 13.9. The van der Waals surface area contributed by atoms with Gasteiger partial charge in [0, 0.05) is 46.2 Å². The molecule has 0 saturated carbocycles. The summed E-state index contributed by atoms with van der Waals surface area (Å²) < 4.78 is 27.2. The van der Waals surface area contributed by atoms with Crippen LogP contribution in [0.3, 0.4) is 0 Å². The fourth-order valence-corrected chi connectivity index (χ4v) is 2.75. The molecule has 2 aromatic heterocycles. The van der Waals surface area contributed by atoms with Gasteiger partial charge in [-0.05, 0) is 36.4 Å². The molecule has 0 aliphatic rings. The number of anilines is 2. The van der Waals surface area contributed by atoms with Crippen molar-refractivity contribution < 1.29 is 8.78 Å². The van der Waals surface area contributed by atoms with Gasteiger partial charge >= 0.3 is 0 Å². The number of H-pyrrole nitrogens is 1. The number of aromatic amines is 1. The van der Waals surface area contributed by atoms with Crippen molar-refractivity contribution in [1.82, 2.24) is 9.97 Å². The van der Waals surface area contributed by atoms with E-state index in [4.69, 9.17) is 0 Å². The molecule has 0 aliphatic heterocycles. The third kappa shape index (κ3) is 2.93. The highest BCUT2D eigenvalue weighted by Gasteiger charge is 2.10. The average Bonchev–Trinajstić information content (AvgIpc) is 2.66. The molecule has 0 unspecified atom stereocenters. The zero-order valence-corrected chi connectivity index (χ0v) is 13.5. The van der Waals surface area contributed by atoms with E-state index in [-0.39, 0.29) is 11.0 Å². The molecule has 0 aliphatic carbocycles. The Bertz CT molecular complexity index is 1150. The standard InChI is InChI=1S/C20H13F2N3O/c21-16-3-1-2-14(20(16)22)12-4-7-19(24-11-12)25-13-5-6-17-15(10-13)18(26)8-9-23-17/h1-11H,(H,23,26)(H,24,25). The molecule has 0 radical (unpaired) electrons. The second-order valence-corrected chi connectivity index (χ2v) is 5.76. The number of hydrogen-bond donors (Lipinski definition) is 2. The van der Waals surface area contributed by atoms with Crippen LogP contribution in [0.5, 0.6) is 0 Å². The highest BCUT2D eigenvalue weighted by molar-refractivity contribution is 5.83. The van der Waals surface area contributed by atoms with E-state index in [9.17, 15) is 13.6 Å². The summed E-state index contributed by atoms with van der Waals surface area (Å²) in [4.78, 5) is 19.2. The highest BCUT2D eigenvalue weighted by Crippen LogP contribution is 2.25. The predicted octanol–water partition coefficient (Wildman–Crippen LogP) is 4.61.